The van der Waals surface area contributed by atoms with Gasteiger partial charge in [-0.25, -0.2) is 14.8 Å². The Morgan fingerprint density at radius 3 is 2.50 bits per heavy atom. The van der Waals surface area contributed by atoms with E-state index in [0.717, 1.165) is 38.5 Å². The largest absolute Gasteiger partial charge is 0.490 e. The Kier molecular flexibility index (Phi) is 6.96. The third-order valence-electron chi connectivity index (χ3n) is 5.43. The van der Waals surface area contributed by atoms with Gasteiger partial charge in [0.2, 0.25) is 5.95 Å². The first-order valence-electron chi connectivity index (χ1n) is 9.84. The van der Waals surface area contributed by atoms with Crippen LogP contribution in [-0.4, -0.2) is 74.7 Å². The number of hydrogen-bond donors (Lipinski definition) is 2. The van der Waals surface area contributed by atoms with Crippen molar-refractivity contribution >= 4 is 17.8 Å². The number of hydrogen-bond acceptors (Lipinski definition) is 7. The molecule has 2 N–H and O–H groups in total. The van der Waals surface area contributed by atoms with Gasteiger partial charge in [-0.15, -0.1) is 0 Å². The number of carboxylic acids is 1. The number of aryl methyl sites for hydroxylation is 1. The Hall–Kier alpha value is -3.22. The van der Waals surface area contributed by atoms with E-state index >= 15 is 0 Å². The van der Waals surface area contributed by atoms with E-state index in [1.165, 1.54) is 0 Å². The number of nitrogens with one attached hydrogen (secondary N) is 1. The monoisotopic (exact) mass is 456 g/mol. The average molecular weight is 456 g/mol. The van der Waals surface area contributed by atoms with Crippen molar-refractivity contribution < 1.29 is 32.6 Å². The summed E-state index contributed by atoms with van der Waals surface area (Å²) in [6, 6.07) is 3.54. The molecule has 1 unspecified atom stereocenters. The summed E-state index contributed by atoms with van der Waals surface area (Å²) in [6.07, 6.45) is 2.00. The maximum absolute atomic E-state index is 12.2. The fraction of sp³-hybridized carbons (Fsp3) is 0.526. The van der Waals surface area contributed by atoms with Crippen molar-refractivity contribution in [1.29, 1.82) is 0 Å². The second-order valence-corrected chi connectivity index (χ2v) is 7.49. The number of aromatic nitrogens is 4. The van der Waals surface area contributed by atoms with Crippen LogP contribution in [0, 0.1) is 5.92 Å². The van der Waals surface area contributed by atoms with Crippen LogP contribution in [0.2, 0.25) is 0 Å². The van der Waals surface area contributed by atoms with Crippen molar-refractivity contribution in [1.82, 2.24) is 25.1 Å². The summed E-state index contributed by atoms with van der Waals surface area (Å²) >= 11 is 0. The topological polar surface area (TPSA) is 122 Å². The summed E-state index contributed by atoms with van der Waals surface area (Å²) < 4.78 is 39.4. The summed E-state index contributed by atoms with van der Waals surface area (Å²) in [7, 11) is 1.77. The quantitative estimate of drug-likeness (QED) is 0.690. The molecular formula is C19H23F3N6O4. The van der Waals surface area contributed by atoms with Crippen LogP contribution < -0.4 is 10.2 Å². The lowest BCUT2D eigenvalue weighted by Crippen LogP contribution is -2.65. The molecule has 0 radical (unpaired) electrons. The smallest absolute Gasteiger partial charge is 0.475 e. The van der Waals surface area contributed by atoms with Crippen molar-refractivity contribution in [3.8, 4) is 0 Å². The highest BCUT2D eigenvalue weighted by Gasteiger charge is 2.53. The predicted octanol–water partition coefficient (Wildman–Crippen LogP) is 1.26. The van der Waals surface area contributed by atoms with Gasteiger partial charge in [0.1, 0.15) is 11.3 Å². The first-order valence-corrected chi connectivity index (χ1v) is 9.84. The number of halogens is 3. The predicted molar refractivity (Wildman–Crippen MR) is 105 cm³/mol. The van der Waals surface area contributed by atoms with Crippen LogP contribution in [0.5, 0.6) is 0 Å². The van der Waals surface area contributed by atoms with Crippen molar-refractivity contribution in [3.05, 3.63) is 36.4 Å². The number of carbonyl (C=O) groups excluding carboxylic acids is 1. The third-order valence-corrected chi connectivity index (χ3v) is 5.43. The molecule has 2 aromatic rings. The van der Waals surface area contributed by atoms with Gasteiger partial charge in [0, 0.05) is 38.8 Å². The summed E-state index contributed by atoms with van der Waals surface area (Å²) in [5.41, 5.74) is 0.463. The second-order valence-electron chi connectivity index (χ2n) is 7.49. The normalized spacial score (nSPS) is 19.1. The van der Waals surface area contributed by atoms with Crippen LogP contribution in [0.3, 0.4) is 0 Å². The van der Waals surface area contributed by atoms with Crippen molar-refractivity contribution in [3.63, 3.8) is 0 Å². The molecule has 1 atom stereocenters. The number of alkyl halides is 3. The van der Waals surface area contributed by atoms with Gasteiger partial charge in [0.25, 0.3) is 5.91 Å². The van der Waals surface area contributed by atoms with E-state index in [0.29, 0.717) is 18.2 Å². The Bertz CT molecular complexity index is 931. The van der Waals surface area contributed by atoms with Gasteiger partial charge in [0.05, 0.1) is 13.1 Å². The summed E-state index contributed by atoms with van der Waals surface area (Å²) in [4.78, 5) is 31.8. The number of ether oxygens (including phenoxy) is 1. The van der Waals surface area contributed by atoms with E-state index in [4.69, 9.17) is 14.6 Å². The minimum absolute atomic E-state index is 0.0825. The highest BCUT2D eigenvalue weighted by molar-refractivity contribution is 5.92. The van der Waals surface area contributed by atoms with E-state index < -0.39 is 12.1 Å². The lowest BCUT2D eigenvalue weighted by atomic mass is 9.79. The third kappa shape index (κ3) is 5.33. The molecule has 2 fully saturated rings. The van der Waals surface area contributed by atoms with Gasteiger partial charge in [-0.05, 0) is 30.9 Å². The van der Waals surface area contributed by atoms with E-state index in [-0.39, 0.29) is 11.5 Å². The number of carboxylic acid groups (broad SMARTS) is 1. The molecule has 4 heterocycles. The summed E-state index contributed by atoms with van der Waals surface area (Å²) in [5, 5.41) is 14.1. The molecule has 32 heavy (non-hydrogen) atoms. The van der Waals surface area contributed by atoms with Crippen molar-refractivity contribution in [2.45, 2.75) is 24.6 Å². The summed E-state index contributed by atoms with van der Waals surface area (Å²) in [6.45, 7) is 3.06. The van der Waals surface area contributed by atoms with Gasteiger partial charge < -0.3 is 20.1 Å². The molecule has 2 aliphatic heterocycles. The van der Waals surface area contributed by atoms with Gasteiger partial charge >= 0.3 is 12.1 Å². The van der Waals surface area contributed by atoms with Gasteiger partial charge in [-0.2, -0.15) is 18.3 Å². The fourth-order valence-electron chi connectivity index (χ4n) is 3.79. The molecule has 0 saturated carbocycles. The lowest BCUT2D eigenvalue weighted by molar-refractivity contribution is -0.192. The Labute approximate surface area is 181 Å². The van der Waals surface area contributed by atoms with Crippen LogP contribution in [0.25, 0.3) is 0 Å². The molecular weight excluding hydrogens is 433 g/mol. The number of aliphatic carboxylic acids is 1. The average Bonchev–Trinajstić information content (AvgIpc) is 3.33. The fourth-order valence-corrected chi connectivity index (χ4v) is 3.79. The maximum atomic E-state index is 12.2. The molecule has 2 aromatic heterocycles. The summed E-state index contributed by atoms with van der Waals surface area (Å²) in [5.74, 6) is -1.64. The minimum Gasteiger partial charge on any atom is -0.475 e. The standard InChI is InChI=1S/C17H22N6O2.C2HF3O2/c1-22-14(4-9-21-22)15(24)18-8-3-13-5-10-25-17(13)11-23(12-17)16-19-6-2-7-20-16;3-2(4,5)1(6)7/h2,4,6-7,9,13H,3,5,8,10-12H2,1H3,(H,18,24);(H,6,7). The van der Waals surface area contributed by atoms with Crippen molar-refractivity contribution in [2.75, 3.05) is 31.1 Å². The SMILES string of the molecule is Cn1nccc1C(=O)NCCC1CCOC12CN(c1ncccn1)C2.O=C(O)C(F)(F)F. The van der Waals surface area contributed by atoms with Crippen LogP contribution in [-0.2, 0) is 16.6 Å². The Morgan fingerprint density at radius 2 is 1.94 bits per heavy atom. The molecule has 1 amide bonds. The molecule has 1 spiro atoms. The van der Waals surface area contributed by atoms with Crippen LogP contribution in [0.4, 0.5) is 19.1 Å². The van der Waals surface area contributed by atoms with E-state index in [1.54, 1.807) is 36.4 Å². The molecule has 0 aromatic carbocycles. The molecule has 10 nitrogen and oxygen atoms in total. The lowest BCUT2D eigenvalue weighted by Gasteiger charge is -2.50. The zero-order valence-corrected chi connectivity index (χ0v) is 17.2. The highest BCUT2D eigenvalue weighted by atomic mass is 19.4. The molecule has 2 saturated heterocycles. The van der Waals surface area contributed by atoms with E-state index in [9.17, 15) is 18.0 Å². The number of nitrogens with zero attached hydrogens (tertiary/aromatic N) is 5. The molecule has 4 rings (SSSR count). The second kappa shape index (κ2) is 9.51. The molecule has 2 aliphatic rings. The first kappa shape index (κ1) is 23.4. The Morgan fingerprint density at radius 1 is 1.28 bits per heavy atom. The molecule has 0 aliphatic carbocycles. The number of rotatable bonds is 5. The zero-order valence-electron chi connectivity index (χ0n) is 17.2. The van der Waals surface area contributed by atoms with Gasteiger partial charge in [-0.1, -0.05) is 0 Å². The molecule has 0 bridgehead atoms. The minimum atomic E-state index is -5.08. The van der Waals surface area contributed by atoms with E-state index in [2.05, 4.69) is 25.3 Å². The van der Waals surface area contributed by atoms with Gasteiger partial charge in [-0.3, -0.25) is 9.48 Å². The maximum Gasteiger partial charge on any atom is 0.490 e. The van der Waals surface area contributed by atoms with Crippen LogP contribution in [0.15, 0.2) is 30.7 Å². The van der Waals surface area contributed by atoms with Gasteiger partial charge in [0.15, 0.2) is 0 Å². The number of anilines is 1. The number of carbonyl (C=O) groups is 2. The van der Waals surface area contributed by atoms with Crippen molar-refractivity contribution in [2.24, 2.45) is 13.0 Å². The van der Waals surface area contributed by atoms with E-state index in [1.807, 2.05) is 6.07 Å². The first-order chi connectivity index (χ1) is 15.1. The highest BCUT2D eigenvalue weighted by Crippen LogP contribution is 2.42. The zero-order chi connectivity index (χ0) is 23.4. The van der Waals surface area contributed by atoms with Crippen LogP contribution in [0.1, 0.15) is 23.3 Å². The number of amides is 1. The molecule has 13 heteroatoms. The molecule has 174 valence electrons. The Balaban J connectivity index is 0.000000360. The van der Waals surface area contributed by atoms with Crippen LogP contribution >= 0.6 is 0 Å².